The maximum Gasteiger partial charge on any atom is 0.416 e. The first-order valence-corrected chi connectivity index (χ1v) is 9.11. The number of rotatable bonds is 4. The van der Waals surface area contributed by atoms with Gasteiger partial charge in [-0.1, -0.05) is 11.6 Å². The van der Waals surface area contributed by atoms with Crippen LogP contribution in [0.25, 0.3) is 5.69 Å². The highest BCUT2D eigenvalue weighted by atomic mass is 35.5. The second kappa shape index (κ2) is 7.87. The van der Waals surface area contributed by atoms with Crippen molar-refractivity contribution in [2.75, 3.05) is 5.43 Å². The van der Waals surface area contributed by atoms with Crippen molar-refractivity contribution in [2.45, 2.75) is 33.9 Å². The molecule has 9 heteroatoms. The average Bonchev–Trinajstić information content (AvgIpc) is 2.87. The molecule has 0 aliphatic heterocycles. The van der Waals surface area contributed by atoms with Gasteiger partial charge in [-0.3, -0.25) is 0 Å². The van der Waals surface area contributed by atoms with Crippen LogP contribution in [0, 0.1) is 27.7 Å². The molecule has 3 aromatic rings. The molecule has 0 fully saturated rings. The zero-order chi connectivity index (χ0) is 21.3. The first-order chi connectivity index (χ1) is 13.6. The van der Waals surface area contributed by atoms with Crippen molar-refractivity contribution in [3.8, 4) is 5.69 Å². The topological polar surface area (TPSA) is 55.1 Å². The molecule has 0 aliphatic rings. The van der Waals surface area contributed by atoms with Crippen LogP contribution in [0.5, 0.6) is 0 Å². The standard InChI is InChI=1S/C20H19ClF3N5/c1-11-7-12(2)27-19(26-11)28-25-10-15-8-13(3)29(14(15)4)18-9-16(20(22,23)24)5-6-17(18)21/h5-10H,1-4H3,(H,26,27,28). The number of anilines is 1. The Morgan fingerprint density at radius 2 is 1.69 bits per heavy atom. The third-order valence-electron chi connectivity index (χ3n) is 4.34. The van der Waals surface area contributed by atoms with Gasteiger partial charge in [0.2, 0.25) is 5.95 Å². The molecule has 0 amide bonds. The third kappa shape index (κ3) is 4.59. The molecular weight excluding hydrogens is 403 g/mol. The molecule has 0 saturated carbocycles. The smallest absolute Gasteiger partial charge is 0.316 e. The van der Waals surface area contributed by atoms with Gasteiger partial charge in [0, 0.05) is 28.3 Å². The van der Waals surface area contributed by atoms with Crippen LogP contribution in [0.3, 0.4) is 0 Å². The van der Waals surface area contributed by atoms with Gasteiger partial charge in [0.25, 0.3) is 0 Å². The van der Waals surface area contributed by atoms with Crippen LogP contribution in [0.4, 0.5) is 19.1 Å². The van der Waals surface area contributed by atoms with Gasteiger partial charge < -0.3 is 4.57 Å². The van der Waals surface area contributed by atoms with E-state index in [4.69, 9.17) is 11.6 Å². The Labute approximate surface area is 171 Å². The van der Waals surface area contributed by atoms with Crippen LogP contribution in [-0.2, 0) is 6.18 Å². The molecule has 1 aromatic carbocycles. The number of hydrogen-bond donors (Lipinski definition) is 1. The largest absolute Gasteiger partial charge is 0.416 e. The van der Waals surface area contributed by atoms with Crippen LogP contribution >= 0.6 is 11.6 Å². The Hall–Kier alpha value is -2.87. The van der Waals surface area contributed by atoms with Crippen LogP contribution in [0.15, 0.2) is 35.4 Å². The van der Waals surface area contributed by atoms with Crippen molar-refractivity contribution in [1.29, 1.82) is 0 Å². The summed E-state index contributed by atoms with van der Waals surface area (Å²) in [6.45, 7) is 7.30. The fourth-order valence-corrected chi connectivity index (χ4v) is 3.29. The van der Waals surface area contributed by atoms with Crippen molar-refractivity contribution in [1.82, 2.24) is 14.5 Å². The summed E-state index contributed by atoms with van der Waals surface area (Å²) in [5.41, 5.74) is 6.07. The van der Waals surface area contributed by atoms with E-state index in [0.29, 0.717) is 11.6 Å². The minimum Gasteiger partial charge on any atom is -0.316 e. The molecule has 29 heavy (non-hydrogen) atoms. The summed E-state index contributed by atoms with van der Waals surface area (Å²) in [5, 5.41) is 4.38. The van der Waals surface area contributed by atoms with Gasteiger partial charge in [-0.25, -0.2) is 15.4 Å². The number of halogens is 4. The number of benzene rings is 1. The second-order valence-corrected chi connectivity index (χ2v) is 7.08. The SMILES string of the molecule is Cc1cc(C)nc(NN=Cc2cc(C)n(-c3cc(C(F)(F)F)ccc3Cl)c2C)n1. The second-order valence-electron chi connectivity index (χ2n) is 6.67. The Kier molecular flexibility index (Phi) is 5.66. The van der Waals surface area contributed by atoms with Gasteiger partial charge in [-0.15, -0.1) is 0 Å². The van der Waals surface area contributed by atoms with E-state index in [1.807, 2.05) is 26.0 Å². The summed E-state index contributed by atoms with van der Waals surface area (Å²) < 4.78 is 41.0. The Morgan fingerprint density at radius 1 is 1.03 bits per heavy atom. The third-order valence-corrected chi connectivity index (χ3v) is 4.65. The summed E-state index contributed by atoms with van der Waals surface area (Å²) >= 11 is 6.20. The molecule has 0 bridgehead atoms. The Balaban J connectivity index is 1.93. The van der Waals surface area contributed by atoms with Crippen molar-refractivity contribution >= 4 is 23.8 Å². The lowest BCUT2D eigenvalue weighted by Gasteiger charge is -2.14. The lowest BCUT2D eigenvalue weighted by atomic mass is 10.2. The predicted molar refractivity (Wildman–Crippen MR) is 108 cm³/mol. The van der Waals surface area contributed by atoms with E-state index < -0.39 is 11.7 Å². The van der Waals surface area contributed by atoms with E-state index in [1.54, 1.807) is 24.6 Å². The number of nitrogens with zero attached hydrogens (tertiary/aromatic N) is 4. The number of aryl methyl sites for hydroxylation is 3. The fourth-order valence-electron chi connectivity index (χ4n) is 3.08. The fraction of sp³-hybridized carbons (Fsp3) is 0.250. The van der Waals surface area contributed by atoms with Gasteiger partial charge >= 0.3 is 6.18 Å². The van der Waals surface area contributed by atoms with Crippen LogP contribution in [-0.4, -0.2) is 20.7 Å². The van der Waals surface area contributed by atoms with Gasteiger partial charge in [0.1, 0.15) is 0 Å². The molecule has 0 unspecified atom stereocenters. The first kappa shape index (κ1) is 20.9. The van der Waals surface area contributed by atoms with Crippen molar-refractivity contribution in [3.05, 3.63) is 69.3 Å². The molecule has 152 valence electrons. The maximum atomic E-state index is 13.1. The summed E-state index contributed by atoms with van der Waals surface area (Å²) in [6, 6.07) is 6.94. The molecule has 1 N–H and O–H groups in total. The van der Waals surface area contributed by atoms with Crippen molar-refractivity contribution in [2.24, 2.45) is 5.10 Å². The predicted octanol–water partition coefficient (Wildman–Crippen LogP) is 5.62. The van der Waals surface area contributed by atoms with Gasteiger partial charge in [0.05, 0.1) is 22.5 Å². The van der Waals surface area contributed by atoms with Gasteiger partial charge in [0.15, 0.2) is 0 Å². The zero-order valence-electron chi connectivity index (χ0n) is 16.3. The van der Waals surface area contributed by atoms with Crippen LogP contribution in [0.1, 0.15) is 33.9 Å². The lowest BCUT2D eigenvalue weighted by Crippen LogP contribution is -2.08. The Morgan fingerprint density at radius 3 is 2.31 bits per heavy atom. The quantitative estimate of drug-likeness (QED) is 0.439. The highest BCUT2D eigenvalue weighted by Gasteiger charge is 2.31. The van der Waals surface area contributed by atoms with Crippen LogP contribution < -0.4 is 5.43 Å². The monoisotopic (exact) mass is 421 g/mol. The molecule has 0 radical (unpaired) electrons. The van der Waals surface area contributed by atoms with Gasteiger partial charge in [-0.2, -0.15) is 18.3 Å². The van der Waals surface area contributed by atoms with Gasteiger partial charge in [-0.05, 0) is 58.0 Å². The van der Waals surface area contributed by atoms with Crippen molar-refractivity contribution < 1.29 is 13.2 Å². The van der Waals surface area contributed by atoms with E-state index in [9.17, 15) is 13.2 Å². The van der Waals surface area contributed by atoms with E-state index in [0.717, 1.165) is 34.8 Å². The Bertz CT molecular complexity index is 1070. The summed E-state index contributed by atoms with van der Waals surface area (Å²) in [5.74, 6) is 0.369. The molecule has 0 atom stereocenters. The average molecular weight is 422 g/mol. The lowest BCUT2D eigenvalue weighted by molar-refractivity contribution is -0.137. The minimum absolute atomic E-state index is 0.227. The zero-order valence-corrected chi connectivity index (χ0v) is 17.0. The van der Waals surface area contributed by atoms with E-state index >= 15 is 0 Å². The molecule has 2 aromatic heterocycles. The number of aromatic nitrogens is 3. The maximum absolute atomic E-state index is 13.1. The molecular formula is C20H19ClF3N5. The minimum atomic E-state index is -4.45. The number of nitrogens with one attached hydrogen (secondary N) is 1. The van der Waals surface area contributed by atoms with Crippen LogP contribution in [0.2, 0.25) is 5.02 Å². The van der Waals surface area contributed by atoms with Crippen molar-refractivity contribution in [3.63, 3.8) is 0 Å². The number of alkyl halides is 3. The normalized spacial score (nSPS) is 12.0. The van der Waals surface area contributed by atoms with E-state index in [1.165, 1.54) is 6.07 Å². The van der Waals surface area contributed by atoms with E-state index in [2.05, 4.69) is 20.5 Å². The molecule has 0 saturated heterocycles. The van der Waals surface area contributed by atoms with E-state index in [-0.39, 0.29) is 10.7 Å². The molecule has 2 heterocycles. The molecule has 3 rings (SSSR count). The highest BCUT2D eigenvalue weighted by molar-refractivity contribution is 6.32. The first-order valence-electron chi connectivity index (χ1n) is 8.73. The summed E-state index contributed by atoms with van der Waals surface area (Å²) in [6.07, 6.45) is -2.88. The molecule has 5 nitrogen and oxygen atoms in total. The molecule has 0 spiro atoms. The highest BCUT2D eigenvalue weighted by Crippen LogP contribution is 2.34. The number of hydrogen-bond acceptors (Lipinski definition) is 4. The number of hydrazone groups is 1. The summed E-state index contributed by atoms with van der Waals surface area (Å²) in [4.78, 5) is 8.47. The summed E-state index contributed by atoms with van der Waals surface area (Å²) in [7, 11) is 0. The molecule has 0 aliphatic carbocycles.